The van der Waals surface area contributed by atoms with E-state index in [4.69, 9.17) is 4.74 Å². The molecule has 1 aliphatic rings. The molecule has 1 aliphatic heterocycles. The van der Waals surface area contributed by atoms with E-state index in [0.29, 0.717) is 12.2 Å². The van der Waals surface area contributed by atoms with Gasteiger partial charge in [-0.2, -0.15) is 0 Å². The van der Waals surface area contributed by atoms with Crippen molar-refractivity contribution >= 4 is 23.1 Å². The molecule has 0 saturated heterocycles. The molecule has 4 heteroatoms. The van der Waals surface area contributed by atoms with Crippen LogP contribution >= 0.6 is 0 Å². The van der Waals surface area contributed by atoms with Crippen LogP contribution in [0.4, 0.5) is 5.69 Å². The lowest BCUT2D eigenvalue weighted by molar-refractivity contribution is -0.142. The number of carbonyl (C=O) groups is 2. The summed E-state index contributed by atoms with van der Waals surface area (Å²) in [5.41, 5.74) is 1.92. The summed E-state index contributed by atoms with van der Waals surface area (Å²) >= 11 is 0. The zero-order valence-electron chi connectivity index (χ0n) is 9.60. The van der Waals surface area contributed by atoms with Gasteiger partial charge in [-0.3, -0.25) is 14.5 Å². The number of rotatable bonds is 3. The van der Waals surface area contributed by atoms with Gasteiger partial charge < -0.3 is 4.74 Å². The SMILES string of the molecule is C=C1C(=O)N(CC(=O)OCC)c2ccccc21. The Hall–Kier alpha value is -2.10. The Kier molecular flexibility index (Phi) is 2.95. The van der Waals surface area contributed by atoms with Crippen molar-refractivity contribution in [3.8, 4) is 0 Å². The van der Waals surface area contributed by atoms with Crippen molar-refractivity contribution in [1.82, 2.24) is 0 Å². The number of carbonyl (C=O) groups excluding carboxylic acids is 2. The number of hydrogen-bond donors (Lipinski definition) is 0. The normalized spacial score (nSPS) is 13.8. The van der Waals surface area contributed by atoms with Gasteiger partial charge in [0, 0.05) is 11.1 Å². The predicted octanol–water partition coefficient (Wildman–Crippen LogP) is 1.61. The molecule has 0 saturated carbocycles. The van der Waals surface area contributed by atoms with Gasteiger partial charge in [0.25, 0.3) is 5.91 Å². The third-order valence-corrected chi connectivity index (χ3v) is 2.62. The highest BCUT2D eigenvalue weighted by Gasteiger charge is 2.32. The first-order valence-electron chi connectivity index (χ1n) is 5.41. The van der Waals surface area contributed by atoms with Gasteiger partial charge in [-0.05, 0) is 13.0 Å². The van der Waals surface area contributed by atoms with E-state index in [1.54, 1.807) is 13.0 Å². The van der Waals surface area contributed by atoms with Crippen LogP contribution in [-0.2, 0) is 14.3 Å². The van der Waals surface area contributed by atoms with Gasteiger partial charge >= 0.3 is 5.97 Å². The summed E-state index contributed by atoms with van der Waals surface area (Å²) in [6, 6.07) is 7.28. The summed E-state index contributed by atoms with van der Waals surface area (Å²) in [5.74, 6) is -0.649. The molecule has 0 atom stereocenters. The van der Waals surface area contributed by atoms with Crippen LogP contribution in [0.1, 0.15) is 12.5 Å². The van der Waals surface area contributed by atoms with Gasteiger partial charge in [-0.25, -0.2) is 0 Å². The molecule has 0 aromatic heterocycles. The first-order chi connectivity index (χ1) is 8.15. The lowest BCUT2D eigenvalue weighted by Crippen LogP contribution is -2.33. The van der Waals surface area contributed by atoms with Crippen molar-refractivity contribution in [3.63, 3.8) is 0 Å². The number of anilines is 1. The van der Waals surface area contributed by atoms with E-state index in [1.165, 1.54) is 4.90 Å². The molecule has 1 heterocycles. The highest BCUT2D eigenvalue weighted by Crippen LogP contribution is 2.34. The van der Waals surface area contributed by atoms with E-state index in [0.717, 1.165) is 11.3 Å². The lowest BCUT2D eigenvalue weighted by atomic mass is 10.1. The van der Waals surface area contributed by atoms with Gasteiger partial charge in [0.2, 0.25) is 0 Å². The third kappa shape index (κ3) is 1.93. The van der Waals surface area contributed by atoms with Gasteiger partial charge in [0.15, 0.2) is 0 Å². The summed E-state index contributed by atoms with van der Waals surface area (Å²) in [5, 5.41) is 0. The number of nitrogens with zero attached hydrogens (tertiary/aromatic N) is 1. The van der Waals surface area contributed by atoms with Gasteiger partial charge in [-0.1, -0.05) is 24.8 Å². The minimum Gasteiger partial charge on any atom is -0.465 e. The maximum absolute atomic E-state index is 11.9. The van der Waals surface area contributed by atoms with Crippen molar-refractivity contribution in [2.75, 3.05) is 18.1 Å². The second-order valence-corrected chi connectivity index (χ2v) is 3.69. The minimum absolute atomic E-state index is 0.0668. The van der Waals surface area contributed by atoms with Gasteiger partial charge in [-0.15, -0.1) is 0 Å². The fraction of sp³-hybridized carbons (Fsp3) is 0.231. The van der Waals surface area contributed by atoms with Gasteiger partial charge in [0.05, 0.1) is 12.3 Å². The summed E-state index contributed by atoms with van der Waals surface area (Å²) in [4.78, 5) is 24.7. The van der Waals surface area contributed by atoms with E-state index in [2.05, 4.69) is 6.58 Å². The maximum atomic E-state index is 11.9. The molecule has 4 nitrogen and oxygen atoms in total. The predicted molar refractivity (Wildman–Crippen MR) is 64.5 cm³/mol. The molecule has 1 aromatic carbocycles. The molecular formula is C13H13NO3. The van der Waals surface area contributed by atoms with Crippen LogP contribution in [0.2, 0.25) is 0 Å². The average molecular weight is 231 g/mol. The number of para-hydroxylation sites is 1. The van der Waals surface area contributed by atoms with Crippen LogP contribution in [0.3, 0.4) is 0 Å². The molecule has 0 unspecified atom stereocenters. The van der Waals surface area contributed by atoms with Crippen molar-refractivity contribution in [2.45, 2.75) is 6.92 Å². The van der Waals surface area contributed by atoms with E-state index in [1.807, 2.05) is 18.2 Å². The molecule has 0 aliphatic carbocycles. The van der Waals surface area contributed by atoms with Crippen molar-refractivity contribution < 1.29 is 14.3 Å². The Morgan fingerprint density at radius 3 is 2.82 bits per heavy atom. The average Bonchev–Trinajstić information content (AvgIpc) is 2.56. The molecule has 0 N–H and O–H groups in total. The Labute approximate surface area is 99.5 Å². The van der Waals surface area contributed by atoms with E-state index < -0.39 is 5.97 Å². The van der Waals surface area contributed by atoms with Gasteiger partial charge in [0.1, 0.15) is 6.54 Å². The number of amides is 1. The molecule has 2 rings (SSSR count). The zero-order chi connectivity index (χ0) is 12.4. The standard InChI is InChI=1S/C13H13NO3/c1-3-17-12(15)8-14-11-7-5-4-6-10(11)9(2)13(14)16/h4-7H,2-3,8H2,1H3. The number of esters is 1. The van der Waals surface area contributed by atoms with Crippen LogP contribution in [0.5, 0.6) is 0 Å². The summed E-state index contributed by atoms with van der Waals surface area (Å²) in [7, 11) is 0. The minimum atomic E-state index is -0.412. The van der Waals surface area contributed by atoms with E-state index in [-0.39, 0.29) is 12.5 Å². The molecule has 1 aromatic rings. The Balaban J connectivity index is 2.27. The second kappa shape index (κ2) is 4.41. The Bertz CT molecular complexity index is 493. The summed E-state index contributed by atoms with van der Waals surface area (Å²) < 4.78 is 4.84. The second-order valence-electron chi connectivity index (χ2n) is 3.69. The van der Waals surface area contributed by atoms with Crippen molar-refractivity contribution in [2.24, 2.45) is 0 Å². The van der Waals surface area contributed by atoms with E-state index >= 15 is 0 Å². The van der Waals surface area contributed by atoms with Crippen LogP contribution < -0.4 is 4.90 Å². The topological polar surface area (TPSA) is 46.6 Å². The number of ether oxygens (including phenoxy) is 1. The Morgan fingerprint density at radius 1 is 1.41 bits per heavy atom. The number of hydrogen-bond acceptors (Lipinski definition) is 3. The fourth-order valence-electron chi connectivity index (χ4n) is 1.84. The molecule has 1 amide bonds. The highest BCUT2D eigenvalue weighted by atomic mass is 16.5. The summed E-state index contributed by atoms with van der Waals surface area (Å²) in [6.45, 7) is 5.71. The number of fused-ring (bicyclic) bond motifs is 1. The lowest BCUT2D eigenvalue weighted by Gasteiger charge is -2.15. The smallest absolute Gasteiger partial charge is 0.326 e. The quantitative estimate of drug-likeness (QED) is 0.586. The first kappa shape index (κ1) is 11.4. The molecule has 88 valence electrons. The third-order valence-electron chi connectivity index (χ3n) is 2.62. The molecule has 0 fully saturated rings. The molecule has 0 bridgehead atoms. The van der Waals surface area contributed by atoms with Crippen LogP contribution in [0.25, 0.3) is 5.57 Å². The molecule has 0 radical (unpaired) electrons. The van der Waals surface area contributed by atoms with Crippen molar-refractivity contribution in [1.29, 1.82) is 0 Å². The molecular weight excluding hydrogens is 218 g/mol. The van der Waals surface area contributed by atoms with Crippen molar-refractivity contribution in [3.05, 3.63) is 36.4 Å². The fourth-order valence-corrected chi connectivity index (χ4v) is 1.84. The molecule has 17 heavy (non-hydrogen) atoms. The van der Waals surface area contributed by atoms with Crippen LogP contribution in [-0.4, -0.2) is 25.0 Å². The van der Waals surface area contributed by atoms with E-state index in [9.17, 15) is 9.59 Å². The van der Waals surface area contributed by atoms with Crippen LogP contribution in [0, 0.1) is 0 Å². The maximum Gasteiger partial charge on any atom is 0.326 e. The highest BCUT2D eigenvalue weighted by molar-refractivity contribution is 6.32. The number of benzene rings is 1. The van der Waals surface area contributed by atoms with Crippen LogP contribution in [0.15, 0.2) is 30.8 Å². The molecule has 0 spiro atoms. The Morgan fingerprint density at radius 2 is 2.12 bits per heavy atom. The summed E-state index contributed by atoms with van der Waals surface area (Å²) in [6.07, 6.45) is 0. The monoisotopic (exact) mass is 231 g/mol. The largest absolute Gasteiger partial charge is 0.465 e. The first-order valence-corrected chi connectivity index (χ1v) is 5.41. The zero-order valence-corrected chi connectivity index (χ0v) is 9.60.